The minimum atomic E-state index is -3.62. The summed E-state index contributed by atoms with van der Waals surface area (Å²) in [6.45, 7) is 6.81. The molecule has 0 aliphatic carbocycles. The van der Waals surface area contributed by atoms with Gasteiger partial charge >= 0.3 is 0 Å². The first kappa shape index (κ1) is 23.8. The van der Waals surface area contributed by atoms with Crippen molar-refractivity contribution in [1.29, 1.82) is 0 Å². The molecule has 0 radical (unpaired) electrons. The number of carbonyl (C=O) groups is 1. The topological polar surface area (TPSA) is 75.7 Å². The van der Waals surface area contributed by atoms with Crippen LogP contribution in [-0.4, -0.2) is 37.3 Å². The van der Waals surface area contributed by atoms with Crippen LogP contribution >= 0.6 is 0 Å². The number of rotatable bonds is 6. The van der Waals surface area contributed by atoms with E-state index < -0.39 is 10.0 Å². The largest absolute Gasteiger partial charge is 0.487 e. The third-order valence-electron chi connectivity index (χ3n) is 7.22. The number of benzene rings is 2. The molecule has 0 bridgehead atoms. The van der Waals surface area contributed by atoms with E-state index in [1.165, 1.54) is 4.31 Å². The Morgan fingerprint density at radius 1 is 1.12 bits per heavy atom. The fourth-order valence-corrected chi connectivity index (χ4v) is 6.48. The first-order valence-corrected chi connectivity index (χ1v) is 13.4. The molecule has 1 amide bonds. The molecule has 1 fully saturated rings. The molecule has 1 saturated heterocycles. The molecule has 0 aromatic heterocycles. The number of nitrogens with one attached hydrogen (secondary N) is 1. The van der Waals surface area contributed by atoms with Crippen LogP contribution in [0.2, 0.25) is 0 Å². The zero-order valence-electron chi connectivity index (χ0n) is 19.7. The van der Waals surface area contributed by atoms with E-state index in [9.17, 15) is 13.2 Å². The highest BCUT2D eigenvalue weighted by molar-refractivity contribution is 7.89. The first-order chi connectivity index (χ1) is 15.8. The number of para-hydroxylation sites is 1. The zero-order chi connectivity index (χ0) is 23.6. The number of fused-ring (bicyclic) bond motifs is 1. The molecule has 2 heterocycles. The van der Waals surface area contributed by atoms with Crippen LogP contribution in [0.4, 0.5) is 0 Å². The number of carbonyl (C=O) groups excluding carboxylic acids is 1. The summed E-state index contributed by atoms with van der Waals surface area (Å²) in [5.74, 6) is 0.373. The Morgan fingerprint density at radius 2 is 1.82 bits per heavy atom. The van der Waals surface area contributed by atoms with Gasteiger partial charge in [-0.05, 0) is 50.8 Å². The van der Waals surface area contributed by atoms with E-state index in [1.807, 2.05) is 31.2 Å². The van der Waals surface area contributed by atoms with Gasteiger partial charge in [0.1, 0.15) is 11.4 Å². The van der Waals surface area contributed by atoms with Crippen molar-refractivity contribution in [2.24, 2.45) is 5.92 Å². The van der Waals surface area contributed by atoms with Gasteiger partial charge in [-0.25, -0.2) is 8.42 Å². The lowest BCUT2D eigenvalue weighted by molar-refractivity contribution is -0.127. The molecule has 4 rings (SSSR count). The number of hydrogen-bond acceptors (Lipinski definition) is 4. The average molecular weight is 471 g/mol. The summed E-state index contributed by atoms with van der Waals surface area (Å²) in [6, 6.07) is 14.6. The highest BCUT2D eigenvalue weighted by Gasteiger charge is 2.40. The van der Waals surface area contributed by atoms with Crippen molar-refractivity contribution in [2.75, 3.05) is 13.1 Å². The van der Waals surface area contributed by atoms with Gasteiger partial charge in [-0.15, -0.1) is 0 Å². The minimum Gasteiger partial charge on any atom is -0.487 e. The third kappa shape index (κ3) is 4.80. The lowest BCUT2D eigenvalue weighted by Crippen LogP contribution is -2.49. The molecular formula is C26H34N2O4S. The van der Waals surface area contributed by atoms with Crippen LogP contribution in [0, 0.1) is 12.8 Å². The number of piperidine rings is 1. The molecule has 2 aliphatic rings. The van der Waals surface area contributed by atoms with Crippen LogP contribution in [0.25, 0.3) is 0 Å². The summed E-state index contributed by atoms with van der Waals surface area (Å²) < 4.78 is 34.1. The lowest BCUT2D eigenvalue weighted by Gasteiger charge is -2.42. The van der Waals surface area contributed by atoms with E-state index in [0.29, 0.717) is 25.8 Å². The van der Waals surface area contributed by atoms with Gasteiger partial charge in [-0.2, -0.15) is 4.31 Å². The second-order valence-corrected chi connectivity index (χ2v) is 11.2. The number of amides is 1. The van der Waals surface area contributed by atoms with Crippen molar-refractivity contribution in [3.63, 3.8) is 0 Å². The molecule has 2 aromatic rings. The minimum absolute atomic E-state index is 0.0818. The molecular weight excluding hydrogens is 436 g/mol. The molecule has 7 heteroatoms. The molecule has 33 heavy (non-hydrogen) atoms. The summed E-state index contributed by atoms with van der Waals surface area (Å²) >= 11 is 0. The quantitative estimate of drug-likeness (QED) is 0.670. The molecule has 2 atom stereocenters. The van der Waals surface area contributed by atoms with E-state index in [-0.39, 0.29) is 34.9 Å². The number of aryl methyl sites for hydroxylation is 1. The second kappa shape index (κ2) is 9.47. The van der Waals surface area contributed by atoms with Gasteiger partial charge in [0.2, 0.25) is 15.9 Å². The molecule has 2 aliphatic heterocycles. The average Bonchev–Trinajstić information content (AvgIpc) is 2.84. The van der Waals surface area contributed by atoms with Crippen LogP contribution in [0.15, 0.2) is 53.4 Å². The Hall–Kier alpha value is -2.38. The van der Waals surface area contributed by atoms with Crippen molar-refractivity contribution in [1.82, 2.24) is 9.62 Å². The number of ether oxygens (including phenoxy) is 1. The number of sulfonamides is 1. The Kier molecular flexibility index (Phi) is 6.82. The molecule has 1 N–H and O–H groups in total. The van der Waals surface area contributed by atoms with Gasteiger partial charge in [0, 0.05) is 25.1 Å². The van der Waals surface area contributed by atoms with Crippen LogP contribution in [0.5, 0.6) is 5.75 Å². The standard InChI is InChI=1S/C26H34N2O4S/c1-4-26(5-2)17-23(22-10-6-7-11-24(22)32-26)27-25(29)20-9-8-16-28(18-20)33(30,31)21-14-12-19(3)13-15-21/h6-7,10-15,20,23H,4-5,8-9,16-18H2,1-3H3,(H,27,29)/t20-,23-/m1/s1. The van der Waals surface area contributed by atoms with Crippen LogP contribution in [-0.2, 0) is 14.8 Å². The van der Waals surface area contributed by atoms with Gasteiger partial charge in [0.05, 0.1) is 16.9 Å². The Morgan fingerprint density at radius 3 is 2.52 bits per heavy atom. The first-order valence-electron chi connectivity index (χ1n) is 11.9. The summed E-state index contributed by atoms with van der Waals surface area (Å²) in [5, 5.41) is 3.25. The molecule has 0 saturated carbocycles. The number of nitrogens with zero attached hydrogens (tertiary/aromatic N) is 1. The maximum Gasteiger partial charge on any atom is 0.243 e. The maximum atomic E-state index is 13.3. The third-order valence-corrected chi connectivity index (χ3v) is 9.10. The summed E-state index contributed by atoms with van der Waals surface area (Å²) in [4.78, 5) is 13.6. The smallest absolute Gasteiger partial charge is 0.243 e. The van der Waals surface area contributed by atoms with E-state index in [2.05, 4.69) is 19.2 Å². The van der Waals surface area contributed by atoms with Gasteiger partial charge in [-0.3, -0.25) is 4.79 Å². The van der Waals surface area contributed by atoms with Gasteiger partial charge in [0.25, 0.3) is 0 Å². The fourth-order valence-electron chi connectivity index (χ4n) is 4.95. The Bertz CT molecular complexity index is 1090. The van der Waals surface area contributed by atoms with Crippen molar-refractivity contribution in [2.45, 2.75) is 69.4 Å². The van der Waals surface area contributed by atoms with Crippen molar-refractivity contribution >= 4 is 15.9 Å². The van der Waals surface area contributed by atoms with E-state index in [4.69, 9.17) is 4.74 Å². The molecule has 6 nitrogen and oxygen atoms in total. The summed E-state index contributed by atoms with van der Waals surface area (Å²) in [7, 11) is -3.62. The SMILES string of the molecule is CCC1(CC)C[C@@H](NC(=O)[C@@H]2CCCN(S(=O)(=O)c3ccc(C)cc3)C2)c2ccccc2O1. The van der Waals surface area contributed by atoms with Crippen molar-refractivity contribution in [3.8, 4) is 5.75 Å². The Balaban J connectivity index is 1.51. The van der Waals surface area contributed by atoms with Gasteiger partial charge < -0.3 is 10.1 Å². The van der Waals surface area contributed by atoms with Crippen molar-refractivity contribution < 1.29 is 17.9 Å². The monoisotopic (exact) mass is 470 g/mol. The lowest BCUT2D eigenvalue weighted by atomic mass is 9.83. The van der Waals surface area contributed by atoms with Crippen LogP contribution < -0.4 is 10.1 Å². The zero-order valence-corrected chi connectivity index (χ0v) is 20.5. The van der Waals surface area contributed by atoms with E-state index in [1.54, 1.807) is 24.3 Å². The molecule has 178 valence electrons. The van der Waals surface area contributed by atoms with E-state index in [0.717, 1.165) is 29.7 Å². The highest BCUT2D eigenvalue weighted by atomic mass is 32.2. The highest BCUT2D eigenvalue weighted by Crippen LogP contribution is 2.42. The predicted molar refractivity (Wildman–Crippen MR) is 129 cm³/mol. The van der Waals surface area contributed by atoms with Crippen molar-refractivity contribution in [3.05, 3.63) is 59.7 Å². The number of hydrogen-bond donors (Lipinski definition) is 1. The van der Waals surface area contributed by atoms with Crippen LogP contribution in [0.3, 0.4) is 0 Å². The second-order valence-electron chi connectivity index (χ2n) is 9.31. The predicted octanol–water partition coefficient (Wildman–Crippen LogP) is 4.59. The maximum absolute atomic E-state index is 13.3. The van der Waals surface area contributed by atoms with E-state index >= 15 is 0 Å². The molecule has 2 aromatic carbocycles. The van der Waals surface area contributed by atoms with Gasteiger partial charge in [-0.1, -0.05) is 49.7 Å². The summed E-state index contributed by atoms with van der Waals surface area (Å²) in [6.07, 6.45) is 3.78. The van der Waals surface area contributed by atoms with Gasteiger partial charge in [0.15, 0.2) is 0 Å². The molecule has 0 unspecified atom stereocenters. The summed E-state index contributed by atoms with van der Waals surface area (Å²) in [5.41, 5.74) is 1.69. The fraction of sp³-hybridized carbons (Fsp3) is 0.500. The Labute approximate surface area is 197 Å². The molecule has 0 spiro atoms. The normalized spacial score (nSPS) is 22.8. The van der Waals surface area contributed by atoms with Crippen LogP contribution in [0.1, 0.15) is 63.1 Å².